The highest BCUT2D eigenvalue weighted by atomic mass is 16.4. The molecule has 0 saturated carbocycles. The van der Waals surface area contributed by atoms with Crippen molar-refractivity contribution in [1.82, 2.24) is 0 Å². The van der Waals surface area contributed by atoms with Crippen LogP contribution in [0.2, 0.25) is 0 Å². The monoisotopic (exact) mass is 254 g/mol. The molecule has 0 saturated heterocycles. The summed E-state index contributed by atoms with van der Waals surface area (Å²) in [6, 6.07) is 16.7. The smallest absolute Gasteiger partial charge is 0.325 e. The second-order valence-electron chi connectivity index (χ2n) is 4.01. The van der Waals surface area contributed by atoms with Gasteiger partial charge < -0.3 is 10.8 Å². The first-order valence-electron chi connectivity index (χ1n) is 5.85. The average Bonchev–Trinajstić information content (AvgIpc) is 2.42. The van der Waals surface area contributed by atoms with Crippen LogP contribution in [0.4, 0.5) is 5.69 Å². The molecule has 0 fully saturated rings. The highest BCUT2D eigenvalue weighted by Gasteiger charge is 2.10. The number of carboxylic acids is 1. The van der Waals surface area contributed by atoms with Crippen molar-refractivity contribution in [3.8, 4) is 0 Å². The minimum Gasteiger partial charge on any atom is -0.480 e. The SMILES string of the molecule is Nc1ccccc1C(=NCC(=O)O)c1ccccc1. The molecule has 4 heteroatoms. The van der Waals surface area contributed by atoms with E-state index in [9.17, 15) is 4.79 Å². The number of hydrogen-bond acceptors (Lipinski definition) is 3. The highest BCUT2D eigenvalue weighted by Crippen LogP contribution is 2.17. The number of nitrogens with zero attached hydrogens (tertiary/aromatic N) is 1. The largest absolute Gasteiger partial charge is 0.480 e. The fraction of sp³-hybridized carbons (Fsp3) is 0.0667. The lowest BCUT2D eigenvalue weighted by atomic mass is 10.0. The van der Waals surface area contributed by atoms with Gasteiger partial charge in [-0.25, -0.2) is 0 Å². The molecular formula is C15H14N2O2. The number of rotatable bonds is 4. The van der Waals surface area contributed by atoms with E-state index >= 15 is 0 Å². The summed E-state index contributed by atoms with van der Waals surface area (Å²) in [5.74, 6) is -0.970. The molecule has 0 aromatic heterocycles. The minimum absolute atomic E-state index is 0.279. The molecule has 0 aliphatic heterocycles. The molecule has 0 unspecified atom stereocenters. The Balaban J connectivity index is 2.50. The van der Waals surface area contributed by atoms with Gasteiger partial charge in [-0.2, -0.15) is 0 Å². The fourth-order valence-corrected chi connectivity index (χ4v) is 1.79. The molecule has 2 rings (SSSR count). The van der Waals surface area contributed by atoms with E-state index in [1.165, 1.54) is 0 Å². The zero-order chi connectivity index (χ0) is 13.7. The molecule has 0 radical (unpaired) electrons. The highest BCUT2D eigenvalue weighted by molar-refractivity contribution is 6.16. The maximum Gasteiger partial charge on any atom is 0.325 e. The first kappa shape index (κ1) is 12.8. The molecule has 0 atom stereocenters. The Kier molecular flexibility index (Phi) is 3.93. The van der Waals surface area contributed by atoms with E-state index in [4.69, 9.17) is 10.8 Å². The molecule has 2 aromatic rings. The Labute approximate surface area is 111 Å². The van der Waals surface area contributed by atoms with Gasteiger partial charge in [-0.1, -0.05) is 48.5 Å². The molecular weight excluding hydrogens is 240 g/mol. The number of nitrogen functional groups attached to an aromatic ring is 1. The molecule has 96 valence electrons. The molecule has 0 bridgehead atoms. The topological polar surface area (TPSA) is 75.7 Å². The second kappa shape index (κ2) is 5.82. The first-order valence-corrected chi connectivity index (χ1v) is 5.85. The Hall–Kier alpha value is -2.62. The van der Waals surface area contributed by atoms with E-state index in [-0.39, 0.29) is 6.54 Å². The van der Waals surface area contributed by atoms with Crippen molar-refractivity contribution in [2.75, 3.05) is 12.3 Å². The van der Waals surface area contributed by atoms with Crippen LogP contribution >= 0.6 is 0 Å². The van der Waals surface area contributed by atoms with E-state index in [2.05, 4.69) is 4.99 Å². The predicted octanol–water partition coefficient (Wildman–Crippen LogP) is 2.19. The van der Waals surface area contributed by atoms with Crippen molar-refractivity contribution >= 4 is 17.4 Å². The maximum atomic E-state index is 10.7. The number of para-hydroxylation sites is 1. The lowest BCUT2D eigenvalue weighted by Gasteiger charge is -2.09. The fourth-order valence-electron chi connectivity index (χ4n) is 1.79. The van der Waals surface area contributed by atoms with E-state index in [0.717, 1.165) is 11.1 Å². The number of aliphatic imine (C=N–C) groups is 1. The van der Waals surface area contributed by atoms with Crippen LogP contribution in [0.15, 0.2) is 59.6 Å². The number of carboxylic acid groups (broad SMARTS) is 1. The molecule has 0 spiro atoms. The molecule has 3 N–H and O–H groups in total. The van der Waals surface area contributed by atoms with Crippen LogP contribution in [0.1, 0.15) is 11.1 Å². The number of carbonyl (C=O) groups is 1. The molecule has 2 aromatic carbocycles. The third-order valence-electron chi connectivity index (χ3n) is 2.64. The third-order valence-corrected chi connectivity index (χ3v) is 2.64. The van der Waals surface area contributed by atoms with Crippen LogP contribution in [-0.4, -0.2) is 23.3 Å². The minimum atomic E-state index is -0.970. The van der Waals surface area contributed by atoms with Gasteiger partial charge in [-0.15, -0.1) is 0 Å². The van der Waals surface area contributed by atoms with Gasteiger partial charge in [0.15, 0.2) is 0 Å². The van der Waals surface area contributed by atoms with Crippen LogP contribution in [0.3, 0.4) is 0 Å². The normalized spacial score (nSPS) is 11.3. The summed E-state index contributed by atoms with van der Waals surface area (Å²) in [6.45, 7) is -0.279. The molecule has 0 heterocycles. The van der Waals surface area contributed by atoms with Gasteiger partial charge in [-0.05, 0) is 6.07 Å². The summed E-state index contributed by atoms with van der Waals surface area (Å²) in [7, 11) is 0. The van der Waals surface area contributed by atoms with Gasteiger partial charge in [0.25, 0.3) is 0 Å². The molecule has 0 amide bonds. The lowest BCUT2D eigenvalue weighted by Crippen LogP contribution is -2.10. The van der Waals surface area contributed by atoms with Crippen LogP contribution in [0, 0.1) is 0 Å². The zero-order valence-electron chi connectivity index (χ0n) is 10.3. The summed E-state index contributed by atoms with van der Waals surface area (Å²) >= 11 is 0. The van der Waals surface area contributed by atoms with Crippen molar-refractivity contribution in [3.63, 3.8) is 0 Å². The first-order chi connectivity index (χ1) is 9.18. The van der Waals surface area contributed by atoms with Gasteiger partial charge in [-0.3, -0.25) is 9.79 Å². The van der Waals surface area contributed by atoms with Crippen molar-refractivity contribution in [1.29, 1.82) is 0 Å². The lowest BCUT2D eigenvalue weighted by molar-refractivity contribution is -0.135. The van der Waals surface area contributed by atoms with E-state index in [1.54, 1.807) is 6.07 Å². The predicted molar refractivity (Wildman–Crippen MR) is 75.4 cm³/mol. The number of hydrogen-bond donors (Lipinski definition) is 2. The van der Waals surface area contributed by atoms with E-state index < -0.39 is 5.97 Å². The Morgan fingerprint density at radius 1 is 1.05 bits per heavy atom. The van der Waals surface area contributed by atoms with Gasteiger partial charge in [0.2, 0.25) is 0 Å². The summed E-state index contributed by atoms with van der Waals surface area (Å²) in [4.78, 5) is 14.9. The third kappa shape index (κ3) is 3.19. The Morgan fingerprint density at radius 2 is 1.68 bits per heavy atom. The van der Waals surface area contributed by atoms with E-state index in [1.807, 2.05) is 48.5 Å². The Morgan fingerprint density at radius 3 is 2.32 bits per heavy atom. The van der Waals surface area contributed by atoms with E-state index in [0.29, 0.717) is 11.4 Å². The standard InChI is InChI=1S/C15H14N2O2/c16-13-9-5-4-8-12(13)15(17-10-14(18)19)11-6-2-1-3-7-11/h1-9H,10,16H2,(H,18,19). The van der Waals surface area contributed by atoms with Gasteiger partial charge in [0.1, 0.15) is 6.54 Å². The van der Waals surface area contributed by atoms with Crippen LogP contribution < -0.4 is 5.73 Å². The average molecular weight is 254 g/mol. The van der Waals surface area contributed by atoms with Crippen molar-refractivity contribution in [3.05, 3.63) is 65.7 Å². The van der Waals surface area contributed by atoms with Crippen LogP contribution in [-0.2, 0) is 4.79 Å². The summed E-state index contributed by atoms with van der Waals surface area (Å²) < 4.78 is 0. The van der Waals surface area contributed by atoms with Gasteiger partial charge >= 0.3 is 5.97 Å². The number of nitrogens with two attached hydrogens (primary N) is 1. The molecule has 0 aliphatic carbocycles. The quantitative estimate of drug-likeness (QED) is 0.648. The maximum absolute atomic E-state index is 10.7. The Bertz CT molecular complexity index is 607. The number of benzene rings is 2. The van der Waals surface area contributed by atoms with Crippen molar-refractivity contribution < 1.29 is 9.90 Å². The molecule has 19 heavy (non-hydrogen) atoms. The summed E-state index contributed by atoms with van der Waals surface area (Å²) in [6.07, 6.45) is 0. The number of aliphatic carboxylic acids is 1. The van der Waals surface area contributed by atoms with Crippen molar-refractivity contribution in [2.24, 2.45) is 4.99 Å². The summed E-state index contributed by atoms with van der Waals surface area (Å²) in [5, 5.41) is 8.79. The van der Waals surface area contributed by atoms with Crippen LogP contribution in [0.5, 0.6) is 0 Å². The molecule has 4 nitrogen and oxygen atoms in total. The van der Waals surface area contributed by atoms with Crippen molar-refractivity contribution in [2.45, 2.75) is 0 Å². The molecule has 0 aliphatic rings. The number of anilines is 1. The summed E-state index contributed by atoms with van der Waals surface area (Å²) in [5.41, 5.74) is 8.71. The zero-order valence-corrected chi connectivity index (χ0v) is 10.3. The second-order valence-corrected chi connectivity index (χ2v) is 4.01. The van der Waals surface area contributed by atoms with Gasteiger partial charge in [0.05, 0.1) is 5.71 Å². The van der Waals surface area contributed by atoms with Gasteiger partial charge in [0, 0.05) is 16.8 Å². The van der Waals surface area contributed by atoms with Crippen LogP contribution in [0.25, 0.3) is 0 Å².